The summed E-state index contributed by atoms with van der Waals surface area (Å²) in [5, 5.41) is 13.0. The van der Waals surface area contributed by atoms with E-state index in [9.17, 15) is 4.79 Å². The Labute approximate surface area is 117 Å². The fraction of sp³-hybridized carbons (Fsp3) is 0.769. The fourth-order valence-electron chi connectivity index (χ4n) is 2.61. The van der Waals surface area contributed by atoms with Crippen molar-refractivity contribution in [2.45, 2.75) is 50.7 Å². The minimum atomic E-state index is -0.873. The maximum absolute atomic E-state index is 10.5. The first-order valence-electron chi connectivity index (χ1n) is 6.74. The zero-order chi connectivity index (χ0) is 13.8. The molecule has 1 aliphatic carbocycles. The first-order chi connectivity index (χ1) is 9.06. The van der Waals surface area contributed by atoms with Crippen LogP contribution in [0.1, 0.15) is 51.3 Å². The summed E-state index contributed by atoms with van der Waals surface area (Å²) in [7, 11) is 0. The highest BCUT2D eigenvalue weighted by Gasteiger charge is 2.27. The van der Waals surface area contributed by atoms with Gasteiger partial charge in [0.1, 0.15) is 5.75 Å². The largest absolute Gasteiger partial charge is 0.481 e. The molecule has 0 spiro atoms. The van der Waals surface area contributed by atoms with Crippen LogP contribution in [0, 0.1) is 11.8 Å². The molecule has 0 radical (unpaired) electrons. The van der Waals surface area contributed by atoms with Crippen LogP contribution in [0.15, 0.2) is 9.75 Å². The normalized spacial score (nSPS) is 23.7. The summed E-state index contributed by atoms with van der Waals surface area (Å²) in [6.45, 7) is 4.56. The molecule has 1 aromatic rings. The minimum Gasteiger partial charge on any atom is -0.481 e. The molecular formula is C13H20N2O3S. The van der Waals surface area contributed by atoms with Gasteiger partial charge in [0, 0.05) is 5.92 Å². The Hall–Kier alpha value is -1.04. The second-order valence-corrected chi connectivity index (χ2v) is 6.38. The summed E-state index contributed by atoms with van der Waals surface area (Å²) < 4.78 is 5.08. The van der Waals surface area contributed by atoms with Crippen molar-refractivity contribution in [3.63, 3.8) is 0 Å². The standard InChI is InChI=1S/C13H20N2O3S/c1-8(2)9-3-5-10(6-4-9)12-14-13(18-15-12)19-7-11(16)17/h8-10H,3-7H2,1-2H3,(H,16,17). The zero-order valence-corrected chi connectivity index (χ0v) is 12.2. The number of hydrogen-bond donors (Lipinski definition) is 1. The molecule has 0 saturated heterocycles. The van der Waals surface area contributed by atoms with E-state index >= 15 is 0 Å². The van der Waals surface area contributed by atoms with Crippen molar-refractivity contribution in [2.75, 3.05) is 5.75 Å². The molecule has 1 aliphatic rings. The summed E-state index contributed by atoms with van der Waals surface area (Å²) >= 11 is 1.08. The van der Waals surface area contributed by atoms with Gasteiger partial charge in [-0.3, -0.25) is 4.79 Å². The lowest BCUT2D eigenvalue weighted by Crippen LogP contribution is -2.18. The van der Waals surface area contributed by atoms with E-state index in [1.165, 1.54) is 12.8 Å². The van der Waals surface area contributed by atoms with E-state index in [0.717, 1.165) is 42.3 Å². The van der Waals surface area contributed by atoms with Crippen molar-refractivity contribution >= 4 is 17.7 Å². The zero-order valence-electron chi connectivity index (χ0n) is 11.3. The van der Waals surface area contributed by atoms with Crippen LogP contribution in [0.5, 0.6) is 0 Å². The number of hydrogen-bond acceptors (Lipinski definition) is 5. The Balaban J connectivity index is 1.88. The van der Waals surface area contributed by atoms with Gasteiger partial charge in [0.15, 0.2) is 5.82 Å². The van der Waals surface area contributed by atoms with Gasteiger partial charge in [0.25, 0.3) is 5.22 Å². The molecule has 0 bridgehead atoms. The maximum atomic E-state index is 10.5. The molecule has 0 atom stereocenters. The van der Waals surface area contributed by atoms with Crippen molar-refractivity contribution < 1.29 is 14.4 Å². The highest BCUT2D eigenvalue weighted by molar-refractivity contribution is 7.99. The van der Waals surface area contributed by atoms with E-state index in [1.807, 2.05) is 0 Å². The van der Waals surface area contributed by atoms with Crippen molar-refractivity contribution in [1.29, 1.82) is 0 Å². The number of aliphatic carboxylic acids is 1. The molecule has 6 heteroatoms. The van der Waals surface area contributed by atoms with Crippen LogP contribution in [0.4, 0.5) is 0 Å². The SMILES string of the molecule is CC(C)C1CCC(c2noc(SCC(=O)O)n2)CC1. The predicted octanol–water partition coefficient (Wildman–Crippen LogP) is 3.18. The molecule has 1 aromatic heterocycles. The Kier molecular flexibility index (Phi) is 4.85. The predicted molar refractivity (Wildman–Crippen MR) is 72.2 cm³/mol. The summed E-state index contributed by atoms with van der Waals surface area (Å²) in [6.07, 6.45) is 4.64. The number of rotatable bonds is 5. The molecule has 1 fully saturated rings. The number of carbonyl (C=O) groups is 1. The van der Waals surface area contributed by atoms with E-state index in [-0.39, 0.29) is 5.75 Å². The molecule has 0 aromatic carbocycles. The lowest BCUT2D eigenvalue weighted by Gasteiger charge is -2.29. The van der Waals surface area contributed by atoms with Gasteiger partial charge in [-0.1, -0.05) is 30.8 Å². The van der Waals surface area contributed by atoms with Crippen molar-refractivity contribution in [3.05, 3.63) is 5.82 Å². The van der Waals surface area contributed by atoms with Crippen LogP contribution >= 0.6 is 11.8 Å². The molecule has 5 nitrogen and oxygen atoms in total. The first kappa shape index (κ1) is 14.4. The minimum absolute atomic E-state index is 0.0400. The molecule has 0 aliphatic heterocycles. The van der Waals surface area contributed by atoms with Crippen LogP contribution in [0.3, 0.4) is 0 Å². The molecule has 0 unspecified atom stereocenters. The fourth-order valence-corrected chi connectivity index (χ4v) is 3.11. The number of aromatic nitrogens is 2. The second kappa shape index (κ2) is 6.41. The lowest BCUT2D eigenvalue weighted by atomic mass is 9.77. The Bertz CT molecular complexity index is 425. The third-order valence-electron chi connectivity index (χ3n) is 3.82. The smallest absolute Gasteiger partial charge is 0.314 e. The number of carboxylic acids is 1. The van der Waals surface area contributed by atoms with E-state index in [1.54, 1.807) is 0 Å². The van der Waals surface area contributed by atoms with Gasteiger partial charge >= 0.3 is 5.97 Å². The van der Waals surface area contributed by atoms with Crippen molar-refractivity contribution in [1.82, 2.24) is 10.1 Å². The first-order valence-corrected chi connectivity index (χ1v) is 7.73. The molecular weight excluding hydrogens is 264 g/mol. The molecule has 1 N–H and O–H groups in total. The quantitative estimate of drug-likeness (QED) is 0.837. The Morgan fingerprint density at radius 3 is 2.68 bits per heavy atom. The van der Waals surface area contributed by atoms with Gasteiger partial charge in [-0.05, 0) is 37.5 Å². The monoisotopic (exact) mass is 284 g/mol. The van der Waals surface area contributed by atoms with Gasteiger partial charge in [-0.15, -0.1) is 0 Å². The maximum Gasteiger partial charge on any atom is 0.314 e. The molecule has 19 heavy (non-hydrogen) atoms. The number of thioether (sulfide) groups is 1. The van der Waals surface area contributed by atoms with E-state index in [0.29, 0.717) is 11.1 Å². The third kappa shape index (κ3) is 3.96. The lowest BCUT2D eigenvalue weighted by molar-refractivity contribution is -0.133. The third-order valence-corrected chi connectivity index (χ3v) is 4.63. The highest BCUT2D eigenvalue weighted by Crippen LogP contribution is 2.37. The van der Waals surface area contributed by atoms with Gasteiger partial charge in [-0.25, -0.2) is 0 Å². The average Bonchev–Trinajstić information content (AvgIpc) is 2.85. The van der Waals surface area contributed by atoms with Crippen molar-refractivity contribution in [2.24, 2.45) is 11.8 Å². The molecule has 1 heterocycles. The molecule has 106 valence electrons. The number of carboxylic acid groups (broad SMARTS) is 1. The highest BCUT2D eigenvalue weighted by atomic mass is 32.2. The van der Waals surface area contributed by atoms with Gasteiger partial charge in [0.2, 0.25) is 0 Å². The average molecular weight is 284 g/mol. The number of nitrogens with zero attached hydrogens (tertiary/aromatic N) is 2. The van der Waals surface area contributed by atoms with Gasteiger partial charge in [-0.2, -0.15) is 4.98 Å². The van der Waals surface area contributed by atoms with Crippen LogP contribution < -0.4 is 0 Å². The molecule has 1 saturated carbocycles. The summed E-state index contributed by atoms with van der Waals surface area (Å²) in [6, 6.07) is 0. The van der Waals surface area contributed by atoms with E-state index in [2.05, 4.69) is 24.0 Å². The molecule has 0 amide bonds. The Morgan fingerprint density at radius 2 is 2.11 bits per heavy atom. The van der Waals surface area contributed by atoms with Crippen LogP contribution in [0.25, 0.3) is 0 Å². The summed E-state index contributed by atoms with van der Waals surface area (Å²) in [4.78, 5) is 14.8. The van der Waals surface area contributed by atoms with Crippen LogP contribution in [0.2, 0.25) is 0 Å². The van der Waals surface area contributed by atoms with Crippen molar-refractivity contribution in [3.8, 4) is 0 Å². The summed E-state index contributed by atoms with van der Waals surface area (Å²) in [5.41, 5.74) is 0. The van der Waals surface area contributed by atoms with Gasteiger partial charge in [0.05, 0.1) is 0 Å². The van der Waals surface area contributed by atoms with E-state index in [4.69, 9.17) is 9.63 Å². The topological polar surface area (TPSA) is 76.2 Å². The van der Waals surface area contributed by atoms with Gasteiger partial charge < -0.3 is 9.63 Å². The summed E-state index contributed by atoms with van der Waals surface area (Å²) in [5.74, 6) is 1.76. The Morgan fingerprint density at radius 1 is 1.42 bits per heavy atom. The van der Waals surface area contributed by atoms with E-state index < -0.39 is 5.97 Å². The molecule has 2 rings (SSSR count). The van der Waals surface area contributed by atoms with Crippen LogP contribution in [-0.2, 0) is 4.79 Å². The second-order valence-electron chi connectivity index (χ2n) is 5.46. The van der Waals surface area contributed by atoms with Crippen LogP contribution in [-0.4, -0.2) is 27.0 Å².